The van der Waals surface area contributed by atoms with Gasteiger partial charge >= 0.3 is 12.1 Å². The molecule has 3 aromatic rings. The lowest BCUT2D eigenvalue weighted by Gasteiger charge is -2.27. The van der Waals surface area contributed by atoms with Crippen molar-refractivity contribution < 1.29 is 24.2 Å². The molecule has 0 aliphatic carbocycles. The second-order valence-electron chi connectivity index (χ2n) is 6.24. The summed E-state index contributed by atoms with van der Waals surface area (Å²) in [5.41, 5.74) is -0.357. The fourth-order valence-electron chi connectivity index (χ4n) is 2.48. The zero-order chi connectivity index (χ0) is 20.1. The summed E-state index contributed by atoms with van der Waals surface area (Å²) < 4.78 is 5.03. The zero-order valence-corrected chi connectivity index (χ0v) is 14.9. The molecule has 1 atom stereocenters. The lowest BCUT2D eigenvalue weighted by Crippen LogP contribution is -2.63. The molecule has 0 bridgehead atoms. The van der Waals surface area contributed by atoms with Gasteiger partial charge in [0.2, 0.25) is 5.66 Å². The molecule has 3 rings (SSSR count). The van der Waals surface area contributed by atoms with Crippen molar-refractivity contribution in [2.24, 2.45) is 0 Å². The molecular formula is C19H18N4O5. The molecule has 4 N–H and O–H groups in total. The van der Waals surface area contributed by atoms with Crippen molar-refractivity contribution in [2.45, 2.75) is 19.2 Å². The third kappa shape index (κ3) is 4.26. The van der Waals surface area contributed by atoms with Gasteiger partial charge in [-0.1, -0.05) is 30.3 Å². The second-order valence-corrected chi connectivity index (χ2v) is 6.24. The predicted molar refractivity (Wildman–Crippen MR) is 99.4 cm³/mol. The van der Waals surface area contributed by atoms with Crippen LogP contribution in [-0.2, 0) is 16.1 Å². The highest BCUT2D eigenvalue weighted by Crippen LogP contribution is 2.14. The molecule has 0 saturated carbocycles. The first kappa shape index (κ1) is 18.9. The van der Waals surface area contributed by atoms with E-state index in [0.717, 1.165) is 18.0 Å². The van der Waals surface area contributed by atoms with E-state index in [1.165, 1.54) is 6.07 Å². The van der Waals surface area contributed by atoms with Crippen LogP contribution in [0.25, 0.3) is 10.9 Å². The highest BCUT2D eigenvalue weighted by molar-refractivity contribution is 6.00. The van der Waals surface area contributed by atoms with E-state index in [1.807, 2.05) is 6.07 Å². The lowest BCUT2D eigenvalue weighted by atomic mass is 10.1. The minimum Gasteiger partial charge on any atom is -0.478 e. The Bertz CT molecular complexity index is 1020. The maximum atomic E-state index is 12.5. The molecule has 0 fully saturated rings. The van der Waals surface area contributed by atoms with E-state index in [0.29, 0.717) is 5.39 Å². The van der Waals surface area contributed by atoms with E-state index >= 15 is 0 Å². The topological polar surface area (TPSA) is 133 Å². The van der Waals surface area contributed by atoms with Crippen molar-refractivity contribution in [3.8, 4) is 0 Å². The van der Waals surface area contributed by atoms with E-state index < -0.39 is 23.6 Å². The molecule has 0 radical (unpaired) electrons. The number of aromatic nitrogens is 2. The van der Waals surface area contributed by atoms with Crippen LogP contribution in [0.15, 0.2) is 54.7 Å². The summed E-state index contributed by atoms with van der Waals surface area (Å²) in [5, 5.41) is 21.3. The molecule has 0 aliphatic heterocycles. The molecule has 1 heterocycles. The maximum absolute atomic E-state index is 12.5. The monoisotopic (exact) mass is 382 g/mol. The summed E-state index contributed by atoms with van der Waals surface area (Å²) in [6, 6.07) is 13.6. The Morgan fingerprint density at radius 2 is 1.89 bits per heavy atom. The first-order valence-corrected chi connectivity index (χ1v) is 8.35. The first-order chi connectivity index (χ1) is 13.4. The van der Waals surface area contributed by atoms with Gasteiger partial charge in [0.15, 0.2) is 0 Å². The average molecular weight is 382 g/mol. The van der Waals surface area contributed by atoms with Crippen LogP contribution < -0.4 is 10.6 Å². The summed E-state index contributed by atoms with van der Waals surface area (Å²) in [4.78, 5) is 36.2. The fraction of sp³-hybridized carbons (Fsp3) is 0.158. The summed E-state index contributed by atoms with van der Waals surface area (Å²) in [5.74, 6) is -2.11. The smallest absolute Gasteiger partial charge is 0.409 e. The minimum atomic E-state index is -2.06. The number of benzene rings is 2. The van der Waals surface area contributed by atoms with Crippen molar-refractivity contribution >= 4 is 28.9 Å². The van der Waals surface area contributed by atoms with Crippen LogP contribution in [0.2, 0.25) is 0 Å². The minimum absolute atomic E-state index is 0.0343. The van der Waals surface area contributed by atoms with Crippen LogP contribution in [0.4, 0.5) is 4.79 Å². The van der Waals surface area contributed by atoms with Crippen molar-refractivity contribution in [3.05, 3.63) is 65.9 Å². The number of carbonyl (C=O) groups is 3. The van der Waals surface area contributed by atoms with Gasteiger partial charge in [-0.2, -0.15) is 5.10 Å². The molecule has 2 aromatic carbocycles. The number of aliphatic carboxylic acids is 1. The number of nitrogens with zero attached hydrogens (tertiary/aromatic N) is 1. The second kappa shape index (κ2) is 7.78. The number of H-pyrrole nitrogens is 1. The van der Waals surface area contributed by atoms with Crippen molar-refractivity contribution in [1.82, 2.24) is 20.8 Å². The SMILES string of the molecule is CC(NC(=O)OCc1ccccc1)(NC(=O)c1ccc2[nH]ncc2c1)C(=O)O. The van der Waals surface area contributed by atoms with Gasteiger partial charge in [0, 0.05) is 10.9 Å². The normalized spacial score (nSPS) is 12.8. The number of hydrogen-bond donors (Lipinski definition) is 4. The average Bonchev–Trinajstić information content (AvgIpc) is 3.14. The van der Waals surface area contributed by atoms with Crippen molar-refractivity contribution in [3.63, 3.8) is 0 Å². The number of aromatic amines is 1. The molecule has 144 valence electrons. The molecule has 9 nitrogen and oxygen atoms in total. The van der Waals surface area contributed by atoms with Gasteiger partial charge in [-0.3, -0.25) is 15.2 Å². The summed E-state index contributed by atoms with van der Waals surface area (Å²) >= 11 is 0. The van der Waals surface area contributed by atoms with Gasteiger partial charge in [0.25, 0.3) is 5.91 Å². The zero-order valence-electron chi connectivity index (χ0n) is 14.9. The molecule has 28 heavy (non-hydrogen) atoms. The highest BCUT2D eigenvalue weighted by Gasteiger charge is 2.37. The molecule has 0 spiro atoms. The maximum Gasteiger partial charge on any atom is 0.409 e. The molecule has 1 unspecified atom stereocenters. The van der Waals surface area contributed by atoms with Crippen LogP contribution >= 0.6 is 0 Å². The van der Waals surface area contributed by atoms with E-state index in [2.05, 4.69) is 20.8 Å². The van der Waals surface area contributed by atoms with Crippen LogP contribution in [0.5, 0.6) is 0 Å². The number of fused-ring (bicyclic) bond motifs is 1. The molecular weight excluding hydrogens is 364 g/mol. The summed E-state index contributed by atoms with van der Waals surface area (Å²) in [6.07, 6.45) is 0.571. The van der Waals surface area contributed by atoms with Crippen LogP contribution in [-0.4, -0.2) is 38.9 Å². The van der Waals surface area contributed by atoms with Crippen LogP contribution in [0.3, 0.4) is 0 Å². The van der Waals surface area contributed by atoms with E-state index in [4.69, 9.17) is 4.74 Å². The van der Waals surface area contributed by atoms with E-state index in [9.17, 15) is 19.5 Å². The largest absolute Gasteiger partial charge is 0.478 e. The van der Waals surface area contributed by atoms with Gasteiger partial charge in [-0.15, -0.1) is 0 Å². The number of amides is 2. The number of carboxylic acid groups (broad SMARTS) is 1. The number of hydrogen-bond acceptors (Lipinski definition) is 5. The van der Waals surface area contributed by atoms with Gasteiger partial charge < -0.3 is 15.2 Å². The molecule has 2 amide bonds. The Morgan fingerprint density at radius 1 is 1.14 bits per heavy atom. The Morgan fingerprint density at radius 3 is 2.61 bits per heavy atom. The Hall–Kier alpha value is -3.88. The number of carbonyl (C=O) groups excluding carboxylic acids is 2. The summed E-state index contributed by atoms with van der Waals surface area (Å²) in [6.45, 7) is 1.13. The number of ether oxygens (including phenoxy) is 1. The van der Waals surface area contributed by atoms with Gasteiger partial charge in [-0.05, 0) is 30.7 Å². The highest BCUT2D eigenvalue weighted by atomic mass is 16.5. The number of rotatable bonds is 6. The molecule has 0 saturated heterocycles. The molecule has 1 aromatic heterocycles. The quantitative estimate of drug-likeness (QED) is 0.482. The van der Waals surface area contributed by atoms with E-state index in [1.54, 1.807) is 42.6 Å². The van der Waals surface area contributed by atoms with Crippen LogP contribution in [0, 0.1) is 0 Å². The van der Waals surface area contributed by atoms with Crippen molar-refractivity contribution in [2.75, 3.05) is 0 Å². The van der Waals surface area contributed by atoms with Gasteiger partial charge in [0.1, 0.15) is 6.61 Å². The Balaban J connectivity index is 1.67. The van der Waals surface area contributed by atoms with Gasteiger partial charge in [-0.25, -0.2) is 9.59 Å². The van der Waals surface area contributed by atoms with Crippen molar-refractivity contribution in [1.29, 1.82) is 0 Å². The number of nitrogens with one attached hydrogen (secondary N) is 3. The molecule has 0 aliphatic rings. The first-order valence-electron chi connectivity index (χ1n) is 8.35. The standard InChI is InChI=1S/C19H18N4O5/c1-19(17(25)26,22-18(27)28-11-12-5-3-2-4-6-12)21-16(24)13-7-8-15-14(9-13)10-20-23-15/h2-10H,11H2,1H3,(H,20,23)(H,21,24)(H,22,27)(H,25,26). The van der Waals surface area contributed by atoms with Crippen LogP contribution in [0.1, 0.15) is 22.8 Å². The Labute approximate surface area is 159 Å². The number of carboxylic acids is 1. The molecule has 9 heteroatoms. The Kier molecular flexibility index (Phi) is 5.25. The van der Waals surface area contributed by atoms with Gasteiger partial charge in [0.05, 0.1) is 11.7 Å². The lowest BCUT2D eigenvalue weighted by molar-refractivity contribution is -0.145. The van der Waals surface area contributed by atoms with E-state index in [-0.39, 0.29) is 12.2 Å². The summed E-state index contributed by atoms with van der Waals surface area (Å²) in [7, 11) is 0. The predicted octanol–water partition coefficient (Wildman–Crippen LogP) is 2.02. The third-order valence-corrected chi connectivity index (χ3v) is 4.06. The number of alkyl carbamates (subject to hydrolysis) is 1. The third-order valence-electron chi connectivity index (χ3n) is 4.06. The fourth-order valence-corrected chi connectivity index (χ4v) is 2.48.